The van der Waals surface area contributed by atoms with Gasteiger partial charge in [-0.05, 0) is 50.3 Å². The van der Waals surface area contributed by atoms with Crippen LogP contribution in [-0.2, 0) is 12.8 Å². The third-order valence-electron chi connectivity index (χ3n) is 3.94. The van der Waals surface area contributed by atoms with Gasteiger partial charge >= 0.3 is 5.97 Å². The Morgan fingerprint density at radius 3 is 2.84 bits per heavy atom. The van der Waals surface area contributed by atoms with Crippen LogP contribution in [0.1, 0.15) is 39.3 Å². The van der Waals surface area contributed by atoms with Crippen LogP contribution in [0.3, 0.4) is 0 Å². The molecule has 1 aromatic heterocycles. The Balaban J connectivity index is 2.24. The number of benzene rings is 1. The fourth-order valence-corrected chi connectivity index (χ4v) is 2.77. The maximum atomic E-state index is 11.3. The standard InChI is InChI=1S/C15H16N2O2/c1-9-5-3-7-12(10(9)2)17-13-8-4-6-11(13)14(16-17)15(18)19/h3,5,7H,4,6,8H2,1-2H3,(H,18,19). The molecule has 4 nitrogen and oxygen atoms in total. The minimum Gasteiger partial charge on any atom is -0.476 e. The second kappa shape index (κ2) is 4.23. The first-order chi connectivity index (χ1) is 9.09. The van der Waals surface area contributed by atoms with Gasteiger partial charge in [0.2, 0.25) is 0 Å². The predicted octanol–water partition coefficient (Wildman–Crippen LogP) is 2.68. The summed E-state index contributed by atoms with van der Waals surface area (Å²) in [5.41, 5.74) is 5.52. The van der Waals surface area contributed by atoms with E-state index in [2.05, 4.69) is 18.1 Å². The van der Waals surface area contributed by atoms with E-state index >= 15 is 0 Å². The van der Waals surface area contributed by atoms with Crippen molar-refractivity contribution >= 4 is 5.97 Å². The first-order valence-corrected chi connectivity index (χ1v) is 6.50. The summed E-state index contributed by atoms with van der Waals surface area (Å²) in [7, 11) is 0. The highest BCUT2D eigenvalue weighted by Gasteiger charge is 2.27. The quantitative estimate of drug-likeness (QED) is 0.898. The highest BCUT2D eigenvalue weighted by atomic mass is 16.4. The summed E-state index contributed by atoms with van der Waals surface area (Å²) in [5, 5.41) is 13.6. The lowest BCUT2D eigenvalue weighted by atomic mass is 10.1. The molecule has 1 N–H and O–H groups in total. The van der Waals surface area contributed by atoms with Crippen LogP contribution in [0.15, 0.2) is 18.2 Å². The molecule has 1 aliphatic rings. The first-order valence-electron chi connectivity index (χ1n) is 6.50. The van der Waals surface area contributed by atoms with Crippen molar-refractivity contribution in [1.29, 1.82) is 0 Å². The minimum absolute atomic E-state index is 0.216. The molecule has 0 saturated heterocycles. The Morgan fingerprint density at radius 2 is 2.11 bits per heavy atom. The molecule has 0 radical (unpaired) electrons. The molecule has 1 aromatic carbocycles. The molecule has 0 amide bonds. The summed E-state index contributed by atoms with van der Waals surface area (Å²) in [6.45, 7) is 4.11. The van der Waals surface area contributed by atoms with Gasteiger partial charge in [0.1, 0.15) is 0 Å². The number of carbonyl (C=O) groups is 1. The number of rotatable bonds is 2. The monoisotopic (exact) mass is 256 g/mol. The van der Waals surface area contributed by atoms with Crippen molar-refractivity contribution < 1.29 is 9.90 Å². The van der Waals surface area contributed by atoms with Gasteiger partial charge in [-0.25, -0.2) is 9.48 Å². The molecular weight excluding hydrogens is 240 g/mol. The maximum Gasteiger partial charge on any atom is 0.356 e. The molecule has 1 heterocycles. The van der Waals surface area contributed by atoms with Crippen LogP contribution in [-0.4, -0.2) is 20.9 Å². The van der Waals surface area contributed by atoms with E-state index in [1.165, 1.54) is 5.56 Å². The van der Waals surface area contributed by atoms with E-state index in [1.807, 2.05) is 23.7 Å². The molecule has 0 saturated carbocycles. The highest BCUT2D eigenvalue weighted by molar-refractivity contribution is 5.87. The summed E-state index contributed by atoms with van der Waals surface area (Å²) in [6, 6.07) is 6.04. The van der Waals surface area contributed by atoms with E-state index in [0.29, 0.717) is 0 Å². The van der Waals surface area contributed by atoms with Crippen LogP contribution >= 0.6 is 0 Å². The zero-order valence-corrected chi connectivity index (χ0v) is 11.1. The molecule has 2 aromatic rings. The average molecular weight is 256 g/mol. The van der Waals surface area contributed by atoms with Gasteiger partial charge in [0.15, 0.2) is 5.69 Å². The second-order valence-corrected chi connectivity index (χ2v) is 5.06. The number of carboxylic acid groups (broad SMARTS) is 1. The van der Waals surface area contributed by atoms with Crippen LogP contribution < -0.4 is 0 Å². The fraction of sp³-hybridized carbons (Fsp3) is 0.333. The van der Waals surface area contributed by atoms with E-state index in [4.69, 9.17) is 0 Å². The van der Waals surface area contributed by atoms with Crippen molar-refractivity contribution in [2.45, 2.75) is 33.1 Å². The molecule has 0 fully saturated rings. The van der Waals surface area contributed by atoms with Crippen LogP contribution in [0.5, 0.6) is 0 Å². The van der Waals surface area contributed by atoms with Crippen molar-refractivity contribution in [3.05, 3.63) is 46.3 Å². The van der Waals surface area contributed by atoms with E-state index in [0.717, 1.165) is 41.8 Å². The number of aryl methyl sites for hydroxylation is 1. The van der Waals surface area contributed by atoms with Gasteiger partial charge in [-0.15, -0.1) is 0 Å². The minimum atomic E-state index is -0.929. The molecule has 0 bridgehead atoms. The smallest absolute Gasteiger partial charge is 0.356 e. The second-order valence-electron chi connectivity index (χ2n) is 5.06. The molecule has 3 rings (SSSR count). The van der Waals surface area contributed by atoms with Crippen LogP contribution in [0.25, 0.3) is 5.69 Å². The Labute approximate surface area is 111 Å². The van der Waals surface area contributed by atoms with E-state index in [9.17, 15) is 9.90 Å². The molecule has 0 unspecified atom stereocenters. The van der Waals surface area contributed by atoms with Gasteiger partial charge < -0.3 is 5.11 Å². The van der Waals surface area contributed by atoms with Gasteiger partial charge in [-0.3, -0.25) is 0 Å². The van der Waals surface area contributed by atoms with Gasteiger partial charge in [0.25, 0.3) is 0 Å². The number of aromatic carboxylic acids is 1. The molecule has 0 atom stereocenters. The lowest BCUT2D eigenvalue weighted by Gasteiger charge is -2.10. The van der Waals surface area contributed by atoms with Gasteiger partial charge in [0.05, 0.1) is 5.69 Å². The van der Waals surface area contributed by atoms with Gasteiger partial charge in [-0.1, -0.05) is 12.1 Å². The molecule has 98 valence electrons. The first kappa shape index (κ1) is 12.0. The molecule has 0 aliphatic heterocycles. The third-order valence-corrected chi connectivity index (χ3v) is 3.94. The lowest BCUT2D eigenvalue weighted by Crippen LogP contribution is -2.06. The van der Waals surface area contributed by atoms with E-state index < -0.39 is 5.97 Å². The zero-order valence-electron chi connectivity index (χ0n) is 11.1. The fourth-order valence-electron chi connectivity index (χ4n) is 2.77. The van der Waals surface area contributed by atoms with E-state index in [1.54, 1.807) is 0 Å². The van der Waals surface area contributed by atoms with Crippen molar-refractivity contribution in [1.82, 2.24) is 9.78 Å². The summed E-state index contributed by atoms with van der Waals surface area (Å²) < 4.78 is 1.83. The number of hydrogen-bond donors (Lipinski definition) is 1. The third kappa shape index (κ3) is 1.75. The molecule has 4 heteroatoms. The molecular formula is C15H16N2O2. The molecule has 0 spiro atoms. The Hall–Kier alpha value is -2.10. The van der Waals surface area contributed by atoms with E-state index in [-0.39, 0.29) is 5.69 Å². The normalized spacial score (nSPS) is 13.6. The Morgan fingerprint density at radius 1 is 1.32 bits per heavy atom. The van der Waals surface area contributed by atoms with Crippen molar-refractivity contribution in [2.24, 2.45) is 0 Å². The number of aromatic nitrogens is 2. The van der Waals surface area contributed by atoms with Crippen LogP contribution in [0.4, 0.5) is 0 Å². The number of fused-ring (bicyclic) bond motifs is 1. The SMILES string of the molecule is Cc1cccc(-n2nc(C(=O)O)c3c2CCC3)c1C. The summed E-state index contributed by atoms with van der Waals surface area (Å²) in [5.74, 6) is -0.929. The van der Waals surface area contributed by atoms with Crippen molar-refractivity contribution in [3.8, 4) is 5.69 Å². The zero-order chi connectivity index (χ0) is 13.6. The molecule has 1 aliphatic carbocycles. The average Bonchev–Trinajstić information content (AvgIpc) is 2.94. The summed E-state index contributed by atoms with van der Waals surface area (Å²) >= 11 is 0. The maximum absolute atomic E-state index is 11.3. The molecule has 19 heavy (non-hydrogen) atoms. The van der Waals surface area contributed by atoms with Crippen molar-refractivity contribution in [2.75, 3.05) is 0 Å². The number of hydrogen-bond acceptors (Lipinski definition) is 2. The summed E-state index contributed by atoms with van der Waals surface area (Å²) in [4.78, 5) is 11.3. The predicted molar refractivity (Wildman–Crippen MR) is 72.0 cm³/mol. The number of carboxylic acids is 1. The largest absolute Gasteiger partial charge is 0.476 e. The summed E-state index contributed by atoms with van der Waals surface area (Å²) in [6.07, 6.45) is 2.74. The highest BCUT2D eigenvalue weighted by Crippen LogP contribution is 2.29. The number of nitrogens with zero attached hydrogens (tertiary/aromatic N) is 2. The topological polar surface area (TPSA) is 55.1 Å². The van der Waals surface area contributed by atoms with Gasteiger partial charge in [0, 0.05) is 11.3 Å². The van der Waals surface area contributed by atoms with Crippen LogP contribution in [0, 0.1) is 13.8 Å². The Kier molecular flexibility index (Phi) is 2.66. The van der Waals surface area contributed by atoms with Crippen LogP contribution in [0.2, 0.25) is 0 Å². The Bertz CT molecular complexity index is 671. The lowest BCUT2D eigenvalue weighted by molar-refractivity contribution is 0.0689. The van der Waals surface area contributed by atoms with Crippen molar-refractivity contribution in [3.63, 3.8) is 0 Å². The van der Waals surface area contributed by atoms with Gasteiger partial charge in [-0.2, -0.15) is 5.10 Å².